The fourth-order valence-corrected chi connectivity index (χ4v) is 4.41. The Bertz CT molecular complexity index is 1100. The van der Waals surface area contributed by atoms with Crippen molar-refractivity contribution in [2.45, 2.75) is 64.5 Å². The summed E-state index contributed by atoms with van der Waals surface area (Å²) < 4.78 is 41.5. The van der Waals surface area contributed by atoms with Crippen molar-refractivity contribution in [1.29, 1.82) is 0 Å². The van der Waals surface area contributed by atoms with E-state index in [1.807, 2.05) is 30.3 Å². The summed E-state index contributed by atoms with van der Waals surface area (Å²) >= 11 is 0. The van der Waals surface area contributed by atoms with Gasteiger partial charge >= 0.3 is 6.18 Å². The molecule has 0 saturated carbocycles. The summed E-state index contributed by atoms with van der Waals surface area (Å²) in [5.41, 5.74) is 15.3. The van der Waals surface area contributed by atoms with Crippen LogP contribution >= 0.6 is 0 Å². The van der Waals surface area contributed by atoms with Gasteiger partial charge in [-0.3, -0.25) is 4.99 Å². The molecule has 2 unspecified atom stereocenters. The largest absolute Gasteiger partial charge is 0.416 e. The molecule has 0 saturated heterocycles. The summed E-state index contributed by atoms with van der Waals surface area (Å²) in [6.07, 6.45) is 6.80. The van der Waals surface area contributed by atoms with Gasteiger partial charge in [0.15, 0.2) is 0 Å². The van der Waals surface area contributed by atoms with Crippen LogP contribution in [0.4, 0.5) is 13.2 Å². The van der Waals surface area contributed by atoms with Crippen LogP contribution < -0.4 is 11.5 Å². The second kappa shape index (κ2) is 12.9. The van der Waals surface area contributed by atoms with Crippen molar-refractivity contribution in [2.24, 2.45) is 22.4 Å². The number of hydrogen-bond acceptors (Lipinski definition) is 2. The highest BCUT2D eigenvalue weighted by molar-refractivity contribution is 5.82. The number of halogens is 3. The summed E-state index contributed by atoms with van der Waals surface area (Å²) in [6, 6.07) is 12.2. The molecule has 2 atom stereocenters. The third kappa shape index (κ3) is 7.82. The summed E-state index contributed by atoms with van der Waals surface area (Å²) in [6.45, 7) is 5.39. The first-order valence-electron chi connectivity index (χ1n) is 12.9. The Labute approximate surface area is 213 Å². The molecule has 0 spiro atoms. The average molecular weight is 498 g/mol. The normalized spacial score (nSPS) is 17.2. The van der Waals surface area contributed by atoms with E-state index in [-0.39, 0.29) is 11.8 Å². The number of hydrogen-bond donors (Lipinski definition) is 2. The second-order valence-corrected chi connectivity index (χ2v) is 9.64. The van der Waals surface area contributed by atoms with Crippen LogP contribution in [0.5, 0.6) is 0 Å². The minimum absolute atomic E-state index is 0.0971. The first-order chi connectivity index (χ1) is 17.2. The molecule has 0 radical (unpaired) electrons. The van der Waals surface area contributed by atoms with Crippen molar-refractivity contribution in [3.63, 3.8) is 0 Å². The molecule has 0 heterocycles. The number of nitrogens with zero attached hydrogens (tertiary/aromatic N) is 1. The topological polar surface area (TPSA) is 64.4 Å². The zero-order valence-corrected chi connectivity index (χ0v) is 21.3. The van der Waals surface area contributed by atoms with Crippen molar-refractivity contribution in [1.82, 2.24) is 0 Å². The molecule has 194 valence electrons. The molecular formula is C30H38F3N3. The number of amidine groups is 1. The van der Waals surface area contributed by atoms with E-state index >= 15 is 0 Å². The molecule has 36 heavy (non-hydrogen) atoms. The molecule has 4 N–H and O–H groups in total. The molecule has 1 aliphatic carbocycles. The van der Waals surface area contributed by atoms with Crippen molar-refractivity contribution < 1.29 is 13.2 Å². The number of benzene rings is 2. The van der Waals surface area contributed by atoms with E-state index in [1.54, 1.807) is 0 Å². The third-order valence-corrected chi connectivity index (χ3v) is 6.81. The average Bonchev–Trinajstić information content (AvgIpc) is 2.88. The Hall–Kier alpha value is -2.86. The molecule has 3 rings (SSSR count). The van der Waals surface area contributed by atoms with Crippen LogP contribution in [0.25, 0.3) is 11.1 Å². The lowest BCUT2D eigenvalue weighted by molar-refractivity contribution is -0.137. The fraction of sp³-hybridized carbons (Fsp3) is 0.433. The highest BCUT2D eigenvalue weighted by Crippen LogP contribution is 2.38. The molecule has 2 aromatic rings. The SMILES string of the molecule is CCC(C)C(N)=NCCCC1=CC(c2cc(-c3cccc(CCCN)c3)cc(C(F)(F)F)c2)CC=C1. The summed E-state index contributed by atoms with van der Waals surface area (Å²) in [4.78, 5) is 4.48. The van der Waals surface area contributed by atoms with E-state index in [9.17, 15) is 13.2 Å². The Morgan fingerprint density at radius 3 is 2.61 bits per heavy atom. The number of nitrogens with two attached hydrogens (primary N) is 2. The van der Waals surface area contributed by atoms with Crippen LogP contribution in [0.1, 0.15) is 68.6 Å². The van der Waals surface area contributed by atoms with Crippen LogP contribution in [0.15, 0.2) is 71.3 Å². The molecule has 0 bridgehead atoms. The predicted octanol–water partition coefficient (Wildman–Crippen LogP) is 7.42. The van der Waals surface area contributed by atoms with Crippen molar-refractivity contribution >= 4 is 5.84 Å². The molecule has 0 amide bonds. The van der Waals surface area contributed by atoms with E-state index in [0.29, 0.717) is 36.5 Å². The van der Waals surface area contributed by atoms with Crippen molar-refractivity contribution in [2.75, 3.05) is 13.1 Å². The van der Waals surface area contributed by atoms with Gasteiger partial charge in [-0.05, 0) is 79.5 Å². The van der Waals surface area contributed by atoms with Crippen molar-refractivity contribution in [3.8, 4) is 11.1 Å². The quantitative estimate of drug-likeness (QED) is 0.193. The maximum absolute atomic E-state index is 13.8. The Morgan fingerprint density at radius 1 is 1.08 bits per heavy atom. The Kier molecular flexibility index (Phi) is 9.94. The van der Waals surface area contributed by atoms with Crippen molar-refractivity contribution in [3.05, 3.63) is 83.0 Å². The summed E-state index contributed by atoms with van der Waals surface area (Å²) in [5, 5.41) is 0. The molecule has 6 heteroatoms. The lowest BCUT2D eigenvalue weighted by atomic mass is 9.85. The van der Waals surface area contributed by atoms with Gasteiger partial charge in [-0.2, -0.15) is 13.2 Å². The van der Waals surface area contributed by atoms with Gasteiger partial charge in [0.25, 0.3) is 0 Å². The van der Waals surface area contributed by atoms with Gasteiger partial charge in [-0.1, -0.05) is 68.0 Å². The summed E-state index contributed by atoms with van der Waals surface area (Å²) in [7, 11) is 0. The van der Waals surface area contributed by atoms with E-state index in [0.717, 1.165) is 48.8 Å². The first-order valence-corrected chi connectivity index (χ1v) is 12.9. The molecule has 1 aliphatic rings. The number of alkyl halides is 3. The van der Waals surface area contributed by atoms with E-state index in [4.69, 9.17) is 11.5 Å². The third-order valence-electron chi connectivity index (χ3n) is 6.81. The van der Waals surface area contributed by atoms with E-state index in [1.165, 1.54) is 12.1 Å². The summed E-state index contributed by atoms with van der Waals surface area (Å²) in [5.74, 6) is 0.868. The molecule has 0 fully saturated rings. The second-order valence-electron chi connectivity index (χ2n) is 9.64. The maximum atomic E-state index is 13.8. The van der Waals surface area contributed by atoms with Gasteiger partial charge in [0, 0.05) is 18.4 Å². The number of rotatable bonds is 11. The molecule has 2 aromatic carbocycles. The zero-order valence-electron chi connectivity index (χ0n) is 21.3. The highest BCUT2D eigenvalue weighted by atomic mass is 19.4. The van der Waals surface area contributed by atoms with Gasteiger partial charge in [0.05, 0.1) is 11.4 Å². The Morgan fingerprint density at radius 2 is 1.89 bits per heavy atom. The van der Waals surface area contributed by atoms with Crippen LogP contribution in [0.3, 0.4) is 0 Å². The van der Waals surface area contributed by atoms with E-state index < -0.39 is 11.7 Å². The van der Waals surface area contributed by atoms with Gasteiger partial charge in [0.1, 0.15) is 0 Å². The standard InChI is InChI=1S/C30H38F3N3/c1-3-21(2)29(35)36-15-7-11-23-9-5-13-25(17-23)27-18-26(19-28(20-27)30(31,32)33)24-12-4-8-22(16-24)10-6-14-34/h4-5,8-9,12,16-21,25H,3,6-7,10-11,13-15,34H2,1-2H3,(H2,35,36). The van der Waals surface area contributed by atoms with E-state index in [2.05, 4.69) is 37.1 Å². The molecule has 3 nitrogen and oxygen atoms in total. The number of aliphatic imine (C=N–C) groups is 1. The number of aryl methyl sites for hydroxylation is 1. The Balaban J connectivity index is 1.83. The van der Waals surface area contributed by atoms with Gasteiger partial charge in [-0.15, -0.1) is 0 Å². The molecule has 0 aromatic heterocycles. The van der Waals surface area contributed by atoms with Gasteiger partial charge in [-0.25, -0.2) is 0 Å². The predicted molar refractivity (Wildman–Crippen MR) is 144 cm³/mol. The lowest BCUT2D eigenvalue weighted by Crippen LogP contribution is -2.21. The fourth-order valence-electron chi connectivity index (χ4n) is 4.41. The molecular weight excluding hydrogens is 459 g/mol. The minimum atomic E-state index is -4.41. The zero-order chi connectivity index (χ0) is 26.1. The molecule has 0 aliphatic heterocycles. The highest BCUT2D eigenvalue weighted by Gasteiger charge is 2.32. The lowest BCUT2D eigenvalue weighted by Gasteiger charge is -2.20. The first kappa shape index (κ1) is 27.7. The van der Waals surface area contributed by atoms with Crippen LogP contribution in [0, 0.1) is 5.92 Å². The van der Waals surface area contributed by atoms with Gasteiger partial charge < -0.3 is 11.5 Å². The smallest absolute Gasteiger partial charge is 0.387 e. The van der Waals surface area contributed by atoms with Crippen LogP contribution in [-0.4, -0.2) is 18.9 Å². The minimum Gasteiger partial charge on any atom is -0.387 e. The number of allylic oxidation sites excluding steroid dienone is 4. The maximum Gasteiger partial charge on any atom is 0.416 e. The van der Waals surface area contributed by atoms with Crippen LogP contribution in [-0.2, 0) is 12.6 Å². The monoisotopic (exact) mass is 497 g/mol. The van der Waals surface area contributed by atoms with Crippen LogP contribution in [0.2, 0.25) is 0 Å². The van der Waals surface area contributed by atoms with Gasteiger partial charge in [0.2, 0.25) is 0 Å².